The lowest BCUT2D eigenvalue weighted by atomic mass is 9.58. The van der Waals surface area contributed by atoms with E-state index < -0.39 is 0 Å². The zero-order chi connectivity index (χ0) is 17.2. The zero-order valence-corrected chi connectivity index (χ0v) is 14.6. The van der Waals surface area contributed by atoms with Crippen molar-refractivity contribution < 1.29 is 19.0 Å². The monoisotopic (exact) mass is 337 g/mol. The third-order valence-electron chi connectivity index (χ3n) is 5.60. The molecule has 1 N–H and O–H groups in total. The van der Waals surface area contributed by atoms with Crippen molar-refractivity contribution >= 4 is 0 Å². The number of likely N-dealkylation sites (tertiary alicyclic amines) is 1. The molecular weight excluding hydrogens is 309 g/mol. The topological polar surface area (TPSA) is 41.9 Å². The summed E-state index contributed by atoms with van der Waals surface area (Å²) in [5.41, 5.74) is 0.902. The van der Waals surface area contributed by atoms with Crippen molar-refractivity contribution in [3.05, 3.63) is 29.6 Å². The fourth-order valence-corrected chi connectivity index (χ4v) is 4.12. The summed E-state index contributed by atoms with van der Waals surface area (Å²) in [5, 5.41) is 10.3. The number of hydrogen-bond donors (Lipinski definition) is 1. The first-order chi connectivity index (χ1) is 11.6. The highest BCUT2D eigenvalue weighted by atomic mass is 19.1. The standard InChI is InChI=1S/C19H28FNO3/c1-3-23-16-6-5-14(11-15(16)20)13-21-9-7-19(8-10-21)17(22)12-18(19)24-4-2/h5-6,11,17-18,22H,3-4,7-10,12-13H2,1-2H3/t17-,18+/m0/s1. The Balaban J connectivity index is 1.57. The molecule has 1 aromatic rings. The summed E-state index contributed by atoms with van der Waals surface area (Å²) >= 11 is 0. The first-order valence-electron chi connectivity index (χ1n) is 9.02. The fraction of sp³-hybridized carbons (Fsp3) is 0.684. The summed E-state index contributed by atoms with van der Waals surface area (Å²) in [7, 11) is 0. The van der Waals surface area contributed by atoms with Crippen LogP contribution < -0.4 is 4.74 Å². The molecule has 5 heteroatoms. The van der Waals surface area contributed by atoms with Crippen molar-refractivity contribution in [3.8, 4) is 5.75 Å². The maximum Gasteiger partial charge on any atom is 0.165 e. The Kier molecular flexibility index (Phi) is 5.42. The minimum absolute atomic E-state index is 0.0589. The number of halogens is 1. The number of rotatable bonds is 6. The lowest BCUT2D eigenvalue weighted by Crippen LogP contribution is -2.62. The van der Waals surface area contributed by atoms with E-state index in [0.717, 1.165) is 44.5 Å². The smallest absolute Gasteiger partial charge is 0.165 e. The zero-order valence-electron chi connectivity index (χ0n) is 14.6. The van der Waals surface area contributed by atoms with Crippen LogP contribution in [0.4, 0.5) is 4.39 Å². The van der Waals surface area contributed by atoms with Gasteiger partial charge in [0, 0.05) is 25.0 Å². The van der Waals surface area contributed by atoms with E-state index in [0.29, 0.717) is 19.0 Å². The summed E-state index contributed by atoms with van der Waals surface area (Å²) in [6, 6.07) is 5.20. The molecule has 2 atom stereocenters. The summed E-state index contributed by atoms with van der Waals surface area (Å²) in [6.07, 6.45) is 2.61. The molecule has 1 spiro atoms. The molecule has 134 valence electrons. The summed E-state index contributed by atoms with van der Waals surface area (Å²) in [4.78, 5) is 2.33. The highest BCUT2D eigenvalue weighted by Crippen LogP contribution is 2.51. The Hall–Kier alpha value is -1.17. The third-order valence-corrected chi connectivity index (χ3v) is 5.60. The number of ether oxygens (including phenoxy) is 2. The molecule has 0 unspecified atom stereocenters. The van der Waals surface area contributed by atoms with Crippen LogP contribution in [0.25, 0.3) is 0 Å². The molecule has 3 rings (SSSR count). The van der Waals surface area contributed by atoms with E-state index in [2.05, 4.69) is 4.90 Å². The van der Waals surface area contributed by atoms with Gasteiger partial charge >= 0.3 is 0 Å². The van der Waals surface area contributed by atoms with E-state index in [-0.39, 0.29) is 23.4 Å². The largest absolute Gasteiger partial charge is 0.491 e. The SMILES string of the molecule is CCOc1ccc(CN2CCC3(CC2)[C@@H](O)C[C@H]3OCC)cc1F. The maximum atomic E-state index is 14.0. The molecular formula is C19H28FNO3. The molecule has 2 aliphatic rings. The van der Waals surface area contributed by atoms with E-state index in [1.54, 1.807) is 12.1 Å². The van der Waals surface area contributed by atoms with Gasteiger partial charge in [-0.1, -0.05) is 6.07 Å². The number of aliphatic hydroxyl groups is 1. The number of hydrogen-bond acceptors (Lipinski definition) is 4. The van der Waals surface area contributed by atoms with Crippen molar-refractivity contribution in [1.82, 2.24) is 4.90 Å². The van der Waals surface area contributed by atoms with Gasteiger partial charge in [-0.2, -0.15) is 0 Å². The summed E-state index contributed by atoms with van der Waals surface area (Å²) in [6.45, 7) is 7.58. The number of aliphatic hydroxyl groups excluding tert-OH is 1. The molecule has 1 aromatic carbocycles. The fourth-order valence-electron chi connectivity index (χ4n) is 4.12. The molecule has 1 saturated heterocycles. The van der Waals surface area contributed by atoms with Crippen molar-refractivity contribution in [2.24, 2.45) is 5.41 Å². The Bertz CT molecular complexity index is 556. The number of benzene rings is 1. The molecule has 0 aromatic heterocycles. The summed E-state index contributed by atoms with van der Waals surface area (Å²) in [5.74, 6) is 0.0182. The van der Waals surface area contributed by atoms with Gasteiger partial charge in [0.25, 0.3) is 0 Å². The van der Waals surface area contributed by atoms with Crippen molar-refractivity contribution in [2.45, 2.75) is 51.9 Å². The molecule has 0 bridgehead atoms. The van der Waals surface area contributed by atoms with Gasteiger partial charge in [0.05, 0.1) is 18.8 Å². The molecule has 1 aliphatic heterocycles. The maximum absolute atomic E-state index is 14.0. The Morgan fingerprint density at radius 1 is 1.25 bits per heavy atom. The molecule has 2 fully saturated rings. The van der Waals surface area contributed by atoms with Crippen LogP contribution in [0, 0.1) is 11.2 Å². The van der Waals surface area contributed by atoms with Gasteiger partial charge in [-0.25, -0.2) is 4.39 Å². The second-order valence-corrected chi connectivity index (χ2v) is 6.90. The average molecular weight is 337 g/mol. The van der Waals surface area contributed by atoms with Crippen LogP contribution in [-0.4, -0.2) is 48.5 Å². The molecule has 1 saturated carbocycles. The lowest BCUT2D eigenvalue weighted by Gasteiger charge is -2.56. The van der Waals surface area contributed by atoms with Crippen LogP contribution in [0.15, 0.2) is 18.2 Å². The van der Waals surface area contributed by atoms with E-state index in [1.807, 2.05) is 19.9 Å². The van der Waals surface area contributed by atoms with E-state index >= 15 is 0 Å². The Labute approximate surface area is 143 Å². The van der Waals surface area contributed by atoms with Crippen molar-refractivity contribution in [3.63, 3.8) is 0 Å². The van der Waals surface area contributed by atoms with Gasteiger partial charge in [-0.05, 0) is 57.5 Å². The van der Waals surface area contributed by atoms with Gasteiger partial charge < -0.3 is 14.6 Å². The van der Waals surface area contributed by atoms with Crippen LogP contribution in [0.3, 0.4) is 0 Å². The van der Waals surface area contributed by atoms with Crippen LogP contribution >= 0.6 is 0 Å². The number of nitrogens with zero attached hydrogens (tertiary/aromatic N) is 1. The Morgan fingerprint density at radius 3 is 2.58 bits per heavy atom. The van der Waals surface area contributed by atoms with Crippen LogP contribution in [-0.2, 0) is 11.3 Å². The summed E-state index contributed by atoms with van der Waals surface area (Å²) < 4.78 is 25.0. The van der Waals surface area contributed by atoms with Gasteiger partial charge in [-0.3, -0.25) is 4.90 Å². The minimum atomic E-state index is -0.298. The van der Waals surface area contributed by atoms with Gasteiger partial charge in [0.1, 0.15) is 0 Å². The predicted octanol–water partition coefficient (Wildman–Crippen LogP) is 2.98. The lowest BCUT2D eigenvalue weighted by molar-refractivity contribution is -0.209. The highest BCUT2D eigenvalue weighted by molar-refractivity contribution is 5.29. The van der Waals surface area contributed by atoms with Crippen molar-refractivity contribution in [2.75, 3.05) is 26.3 Å². The van der Waals surface area contributed by atoms with Crippen LogP contribution in [0.1, 0.15) is 38.7 Å². The van der Waals surface area contributed by atoms with Gasteiger partial charge in [-0.15, -0.1) is 0 Å². The minimum Gasteiger partial charge on any atom is -0.491 e. The second-order valence-electron chi connectivity index (χ2n) is 6.90. The van der Waals surface area contributed by atoms with Crippen molar-refractivity contribution in [1.29, 1.82) is 0 Å². The molecule has 1 aliphatic carbocycles. The predicted molar refractivity (Wildman–Crippen MR) is 90.6 cm³/mol. The second kappa shape index (κ2) is 7.38. The normalized spacial score (nSPS) is 26.3. The van der Waals surface area contributed by atoms with Crippen LogP contribution in [0.5, 0.6) is 5.75 Å². The van der Waals surface area contributed by atoms with E-state index in [4.69, 9.17) is 9.47 Å². The molecule has 1 heterocycles. The molecule has 0 amide bonds. The van der Waals surface area contributed by atoms with E-state index in [1.165, 1.54) is 0 Å². The quantitative estimate of drug-likeness (QED) is 0.866. The third kappa shape index (κ3) is 3.30. The number of piperidine rings is 1. The first-order valence-corrected chi connectivity index (χ1v) is 9.02. The Morgan fingerprint density at radius 2 is 2.00 bits per heavy atom. The first kappa shape index (κ1) is 17.6. The van der Waals surface area contributed by atoms with Gasteiger partial charge in [0.2, 0.25) is 0 Å². The average Bonchev–Trinajstić information content (AvgIpc) is 2.58. The highest BCUT2D eigenvalue weighted by Gasteiger charge is 2.55. The van der Waals surface area contributed by atoms with Gasteiger partial charge in [0.15, 0.2) is 11.6 Å². The van der Waals surface area contributed by atoms with E-state index in [9.17, 15) is 9.50 Å². The molecule has 0 radical (unpaired) electrons. The molecule has 24 heavy (non-hydrogen) atoms. The molecule has 4 nitrogen and oxygen atoms in total. The van der Waals surface area contributed by atoms with Crippen LogP contribution in [0.2, 0.25) is 0 Å².